The summed E-state index contributed by atoms with van der Waals surface area (Å²) in [4.78, 5) is 28.8. The van der Waals surface area contributed by atoms with Gasteiger partial charge in [0.15, 0.2) is 5.78 Å². The van der Waals surface area contributed by atoms with E-state index in [0.29, 0.717) is 25.0 Å². The molecule has 1 N–H and O–H groups in total. The van der Waals surface area contributed by atoms with Gasteiger partial charge in [0.2, 0.25) is 5.91 Å². The molecule has 0 bridgehead atoms. The number of fused-ring (bicyclic) bond motifs is 1. The Kier molecular flexibility index (Phi) is 6.90. The van der Waals surface area contributed by atoms with Gasteiger partial charge in [-0.15, -0.1) is 0 Å². The second-order valence-corrected chi connectivity index (χ2v) is 9.54. The van der Waals surface area contributed by atoms with Crippen LogP contribution in [0.4, 0.5) is 11.4 Å². The van der Waals surface area contributed by atoms with E-state index in [0.717, 1.165) is 46.8 Å². The van der Waals surface area contributed by atoms with Crippen LogP contribution in [0.25, 0.3) is 0 Å². The molecule has 2 aliphatic rings. The van der Waals surface area contributed by atoms with Gasteiger partial charge in [-0.3, -0.25) is 14.5 Å². The van der Waals surface area contributed by atoms with E-state index in [1.165, 1.54) is 0 Å². The summed E-state index contributed by atoms with van der Waals surface area (Å²) in [5.41, 5.74) is 5.23. The molecule has 1 heterocycles. The number of unbranched alkanes of at least 4 members (excludes halogenated alkanes) is 1. The maximum absolute atomic E-state index is 13.8. The van der Waals surface area contributed by atoms with Crippen LogP contribution in [-0.4, -0.2) is 18.3 Å². The van der Waals surface area contributed by atoms with Gasteiger partial charge >= 0.3 is 0 Å². The number of allylic oxidation sites excluding steroid dienone is 1. The first-order chi connectivity index (χ1) is 17.6. The molecule has 0 aromatic heterocycles. The zero-order valence-electron chi connectivity index (χ0n) is 20.9. The number of anilines is 2. The summed E-state index contributed by atoms with van der Waals surface area (Å²) in [7, 11) is 0. The third kappa shape index (κ3) is 4.66. The van der Waals surface area contributed by atoms with E-state index in [1.54, 1.807) is 11.8 Å². The van der Waals surface area contributed by atoms with Crippen LogP contribution in [0.5, 0.6) is 5.75 Å². The molecule has 2 atom stereocenters. The normalized spacial score (nSPS) is 19.2. The van der Waals surface area contributed by atoms with Gasteiger partial charge in [0, 0.05) is 24.6 Å². The topological polar surface area (TPSA) is 58.6 Å². The molecule has 5 rings (SSSR count). The largest absolute Gasteiger partial charge is 0.494 e. The summed E-state index contributed by atoms with van der Waals surface area (Å²) < 4.78 is 5.86. The number of nitrogens with zero attached hydrogens (tertiary/aromatic N) is 1. The third-order valence-corrected chi connectivity index (χ3v) is 7.06. The number of hydrogen-bond donors (Lipinski definition) is 1. The summed E-state index contributed by atoms with van der Waals surface area (Å²) in [5, 5.41) is 3.56. The number of Topliss-reactive ketones (excluding diaryl/α,β-unsaturated/α-hetero) is 1. The first-order valence-electron chi connectivity index (χ1n) is 12.8. The minimum atomic E-state index is -0.512. The van der Waals surface area contributed by atoms with Crippen molar-refractivity contribution < 1.29 is 14.3 Å². The van der Waals surface area contributed by atoms with Gasteiger partial charge < -0.3 is 10.1 Å². The number of para-hydroxylation sites is 2. The van der Waals surface area contributed by atoms with E-state index < -0.39 is 6.04 Å². The van der Waals surface area contributed by atoms with Crippen LogP contribution in [0, 0.1) is 0 Å². The van der Waals surface area contributed by atoms with Gasteiger partial charge in [0.1, 0.15) is 5.75 Å². The van der Waals surface area contributed by atoms with Crippen LogP contribution in [0.3, 0.4) is 0 Å². The van der Waals surface area contributed by atoms with Crippen LogP contribution in [0.1, 0.15) is 62.6 Å². The molecule has 1 aliphatic carbocycles. The van der Waals surface area contributed by atoms with Gasteiger partial charge in [0.05, 0.1) is 24.0 Å². The molecule has 0 saturated carbocycles. The molecule has 3 aromatic carbocycles. The molecule has 184 valence electrons. The van der Waals surface area contributed by atoms with E-state index in [4.69, 9.17) is 4.74 Å². The summed E-state index contributed by atoms with van der Waals surface area (Å²) in [6.45, 7) is 4.37. The first kappa shape index (κ1) is 23.9. The number of amides is 1. The molecule has 5 nitrogen and oxygen atoms in total. The quantitative estimate of drug-likeness (QED) is 0.395. The fourth-order valence-corrected chi connectivity index (χ4v) is 5.30. The molecule has 0 saturated heterocycles. The van der Waals surface area contributed by atoms with Crippen LogP contribution >= 0.6 is 0 Å². The minimum Gasteiger partial charge on any atom is -0.494 e. The number of rotatable bonds is 6. The van der Waals surface area contributed by atoms with Crippen molar-refractivity contribution >= 4 is 23.1 Å². The predicted molar refractivity (Wildman–Crippen MR) is 143 cm³/mol. The molecule has 5 heteroatoms. The van der Waals surface area contributed by atoms with Crippen LogP contribution < -0.4 is 15.0 Å². The molecule has 3 aromatic rings. The van der Waals surface area contributed by atoms with Crippen molar-refractivity contribution in [1.29, 1.82) is 0 Å². The van der Waals surface area contributed by atoms with Gasteiger partial charge in [-0.1, -0.05) is 67.9 Å². The maximum Gasteiger partial charge on any atom is 0.224 e. The molecular formula is C31H32N2O3. The van der Waals surface area contributed by atoms with Crippen molar-refractivity contribution in [3.8, 4) is 5.75 Å². The average Bonchev–Trinajstić information content (AvgIpc) is 3.04. The Morgan fingerprint density at radius 1 is 0.944 bits per heavy atom. The van der Waals surface area contributed by atoms with E-state index >= 15 is 0 Å². The summed E-state index contributed by atoms with van der Waals surface area (Å²) in [6.07, 6.45) is 3.20. The Hall–Kier alpha value is -3.86. The number of carbonyl (C=O) groups excluding carboxylic acids is 2. The van der Waals surface area contributed by atoms with Gasteiger partial charge in [0.25, 0.3) is 0 Å². The number of benzene rings is 3. The van der Waals surface area contributed by atoms with Crippen LogP contribution in [-0.2, 0) is 9.59 Å². The summed E-state index contributed by atoms with van der Waals surface area (Å²) in [5.74, 6) is 0.854. The Labute approximate surface area is 212 Å². The highest BCUT2D eigenvalue weighted by Crippen LogP contribution is 2.47. The second kappa shape index (κ2) is 10.4. The Morgan fingerprint density at radius 3 is 2.39 bits per heavy atom. The lowest BCUT2D eigenvalue weighted by molar-refractivity contribution is -0.117. The summed E-state index contributed by atoms with van der Waals surface area (Å²) in [6, 6.07) is 25.3. The number of carbonyl (C=O) groups is 2. The SMILES string of the molecule is CCCCOc1ccc(C2C3=C(CC(c4ccccc4)CC3=O)Nc3ccccc3N2C(C)=O)cc1. The molecular weight excluding hydrogens is 448 g/mol. The maximum atomic E-state index is 13.8. The van der Waals surface area contributed by atoms with Crippen molar-refractivity contribution in [2.24, 2.45) is 0 Å². The Morgan fingerprint density at radius 2 is 1.67 bits per heavy atom. The number of ether oxygens (including phenoxy) is 1. The number of hydrogen-bond acceptors (Lipinski definition) is 4. The fraction of sp³-hybridized carbons (Fsp3) is 0.290. The van der Waals surface area contributed by atoms with E-state index in [1.807, 2.05) is 66.7 Å². The van der Waals surface area contributed by atoms with E-state index in [9.17, 15) is 9.59 Å². The zero-order chi connectivity index (χ0) is 25.1. The minimum absolute atomic E-state index is 0.0740. The highest BCUT2D eigenvalue weighted by atomic mass is 16.5. The lowest BCUT2D eigenvalue weighted by Gasteiger charge is -2.34. The van der Waals surface area contributed by atoms with Crippen molar-refractivity contribution in [2.75, 3.05) is 16.8 Å². The van der Waals surface area contributed by atoms with Crippen molar-refractivity contribution in [3.63, 3.8) is 0 Å². The third-order valence-electron chi connectivity index (χ3n) is 7.06. The summed E-state index contributed by atoms with van der Waals surface area (Å²) >= 11 is 0. The molecule has 1 aliphatic heterocycles. The number of ketones is 1. The fourth-order valence-electron chi connectivity index (χ4n) is 5.30. The molecule has 2 unspecified atom stereocenters. The standard InChI is InChI=1S/C31H32N2O3/c1-3-4-18-36-25-16-14-23(15-17-25)31-30-27(19-24(20-29(30)35)22-10-6-5-7-11-22)32-26-12-8-9-13-28(26)33(31)21(2)34/h5-17,24,31-32H,3-4,18-20H2,1-2H3. The lowest BCUT2D eigenvalue weighted by atomic mass is 9.78. The zero-order valence-corrected chi connectivity index (χ0v) is 20.9. The monoisotopic (exact) mass is 480 g/mol. The van der Waals surface area contributed by atoms with E-state index in [-0.39, 0.29) is 17.6 Å². The molecule has 0 spiro atoms. The van der Waals surface area contributed by atoms with Crippen LogP contribution in [0.15, 0.2) is 90.1 Å². The molecule has 0 radical (unpaired) electrons. The Bertz CT molecular complexity index is 1280. The molecule has 0 fully saturated rings. The van der Waals surface area contributed by atoms with Crippen molar-refractivity contribution in [1.82, 2.24) is 0 Å². The van der Waals surface area contributed by atoms with Crippen molar-refractivity contribution in [2.45, 2.75) is 51.5 Å². The van der Waals surface area contributed by atoms with Gasteiger partial charge in [-0.2, -0.15) is 0 Å². The predicted octanol–water partition coefficient (Wildman–Crippen LogP) is 6.79. The number of nitrogens with one attached hydrogen (secondary N) is 1. The molecule has 1 amide bonds. The first-order valence-corrected chi connectivity index (χ1v) is 12.8. The smallest absolute Gasteiger partial charge is 0.224 e. The van der Waals surface area contributed by atoms with Gasteiger partial charge in [-0.05, 0) is 54.2 Å². The average molecular weight is 481 g/mol. The highest BCUT2D eigenvalue weighted by Gasteiger charge is 2.40. The highest BCUT2D eigenvalue weighted by molar-refractivity contribution is 6.06. The lowest BCUT2D eigenvalue weighted by Crippen LogP contribution is -2.37. The second-order valence-electron chi connectivity index (χ2n) is 9.54. The Balaban J connectivity index is 1.61. The van der Waals surface area contributed by atoms with Gasteiger partial charge in [-0.25, -0.2) is 0 Å². The van der Waals surface area contributed by atoms with Crippen LogP contribution in [0.2, 0.25) is 0 Å². The van der Waals surface area contributed by atoms with E-state index in [2.05, 4.69) is 24.4 Å². The van der Waals surface area contributed by atoms with Crippen molar-refractivity contribution in [3.05, 3.63) is 101 Å². The molecule has 36 heavy (non-hydrogen) atoms.